The first-order valence-electron chi connectivity index (χ1n) is 6.59. The number of piperidine rings is 1. The van der Waals surface area contributed by atoms with E-state index in [1.807, 2.05) is 6.92 Å². The van der Waals surface area contributed by atoms with Gasteiger partial charge in [0.25, 0.3) is 0 Å². The minimum absolute atomic E-state index is 0.449. The lowest BCUT2D eigenvalue weighted by molar-refractivity contribution is 0.108. The number of fused-ring (bicyclic) bond motifs is 3. The van der Waals surface area contributed by atoms with Gasteiger partial charge in [-0.1, -0.05) is 12.2 Å². The lowest BCUT2D eigenvalue weighted by Crippen LogP contribution is -2.39. The average Bonchev–Trinajstić information content (AvgIpc) is 2.77. The molecule has 3 heteroatoms. The number of methoxy groups -OCH3 is 1. The number of allylic oxidation sites excluding steroid dienone is 4. The second-order valence-corrected chi connectivity index (χ2v) is 4.73. The standard InChI is InChI=1S/C11H15NO.C3H8O/c1-2-4-10-8(3-1)9-5-6-12-7-11(9)13-10;1-3-4-2/h1-2,4,8-9,11-12H,3,5-7H2;3H2,1-2H3. The molecule has 2 fully saturated rings. The Balaban J connectivity index is 0.000000239. The summed E-state index contributed by atoms with van der Waals surface area (Å²) < 4.78 is 10.5. The summed E-state index contributed by atoms with van der Waals surface area (Å²) in [5.41, 5.74) is 0. The first-order chi connectivity index (χ1) is 8.36. The molecule has 3 rings (SSSR count). The highest BCUT2D eigenvalue weighted by Crippen LogP contribution is 2.42. The van der Waals surface area contributed by atoms with Crippen LogP contribution in [0.15, 0.2) is 24.0 Å². The lowest BCUT2D eigenvalue weighted by atomic mass is 9.81. The Morgan fingerprint density at radius 3 is 3.12 bits per heavy atom. The van der Waals surface area contributed by atoms with Crippen LogP contribution in [-0.4, -0.2) is 32.9 Å². The number of hydrogen-bond acceptors (Lipinski definition) is 3. The van der Waals surface area contributed by atoms with E-state index in [0.717, 1.165) is 25.6 Å². The molecule has 0 bridgehead atoms. The molecule has 0 aromatic carbocycles. The minimum atomic E-state index is 0.449. The molecule has 3 nitrogen and oxygen atoms in total. The fraction of sp³-hybridized carbons (Fsp3) is 0.714. The summed E-state index contributed by atoms with van der Waals surface area (Å²) in [6, 6.07) is 0. The van der Waals surface area contributed by atoms with Crippen molar-refractivity contribution in [2.45, 2.75) is 25.9 Å². The summed E-state index contributed by atoms with van der Waals surface area (Å²) in [5.74, 6) is 2.70. The highest BCUT2D eigenvalue weighted by atomic mass is 16.5. The van der Waals surface area contributed by atoms with E-state index in [4.69, 9.17) is 4.74 Å². The van der Waals surface area contributed by atoms with Crippen molar-refractivity contribution in [2.75, 3.05) is 26.8 Å². The topological polar surface area (TPSA) is 30.5 Å². The second-order valence-electron chi connectivity index (χ2n) is 4.73. The lowest BCUT2D eigenvalue weighted by Gasteiger charge is -2.26. The van der Waals surface area contributed by atoms with Crippen LogP contribution in [0.1, 0.15) is 19.8 Å². The van der Waals surface area contributed by atoms with E-state index in [1.165, 1.54) is 18.6 Å². The average molecular weight is 237 g/mol. The van der Waals surface area contributed by atoms with E-state index in [1.54, 1.807) is 7.11 Å². The summed E-state index contributed by atoms with van der Waals surface area (Å²) in [6.45, 7) is 4.98. The molecule has 3 atom stereocenters. The zero-order valence-electron chi connectivity index (χ0n) is 10.8. The molecule has 0 saturated carbocycles. The van der Waals surface area contributed by atoms with Gasteiger partial charge in [0, 0.05) is 32.1 Å². The molecule has 0 amide bonds. The van der Waals surface area contributed by atoms with Gasteiger partial charge in [0.2, 0.25) is 0 Å². The van der Waals surface area contributed by atoms with Crippen molar-refractivity contribution in [3.8, 4) is 0 Å². The zero-order valence-corrected chi connectivity index (χ0v) is 10.8. The van der Waals surface area contributed by atoms with Crippen LogP contribution in [0, 0.1) is 11.8 Å². The van der Waals surface area contributed by atoms with Gasteiger partial charge in [-0.2, -0.15) is 0 Å². The summed E-state index contributed by atoms with van der Waals surface area (Å²) >= 11 is 0. The van der Waals surface area contributed by atoms with Crippen LogP contribution in [-0.2, 0) is 9.47 Å². The SMILES string of the molecule is C1=CCC2C(=C1)OC1CNCCC12.CCOC. The molecule has 3 aliphatic rings. The van der Waals surface area contributed by atoms with Crippen LogP contribution in [0.3, 0.4) is 0 Å². The van der Waals surface area contributed by atoms with E-state index in [-0.39, 0.29) is 0 Å². The van der Waals surface area contributed by atoms with Gasteiger partial charge in [0.1, 0.15) is 11.9 Å². The van der Waals surface area contributed by atoms with E-state index in [0.29, 0.717) is 12.0 Å². The Morgan fingerprint density at radius 1 is 1.53 bits per heavy atom. The quantitative estimate of drug-likeness (QED) is 0.757. The number of nitrogens with one attached hydrogen (secondary N) is 1. The fourth-order valence-corrected chi connectivity index (χ4v) is 2.75. The maximum atomic E-state index is 5.92. The summed E-state index contributed by atoms with van der Waals surface area (Å²) in [7, 11) is 1.68. The molecule has 1 aliphatic carbocycles. The smallest absolute Gasteiger partial charge is 0.114 e. The summed E-state index contributed by atoms with van der Waals surface area (Å²) in [6.07, 6.45) is 9.45. The van der Waals surface area contributed by atoms with Gasteiger partial charge < -0.3 is 14.8 Å². The highest BCUT2D eigenvalue weighted by Gasteiger charge is 2.42. The number of ether oxygens (including phenoxy) is 2. The van der Waals surface area contributed by atoms with Gasteiger partial charge in [-0.25, -0.2) is 0 Å². The molecule has 1 N–H and O–H groups in total. The zero-order chi connectivity index (χ0) is 12.1. The van der Waals surface area contributed by atoms with Crippen LogP contribution in [0.2, 0.25) is 0 Å². The molecule has 2 saturated heterocycles. The van der Waals surface area contributed by atoms with Crippen LogP contribution >= 0.6 is 0 Å². The maximum absolute atomic E-state index is 5.92. The molecule has 0 aromatic rings. The predicted molar refractivity (Wildman–Crippen MR) is 68.7 cm³/mol. The molecule has 0 spiro atoms. The van der Waals surface area contributed by atoms with Gasteiger partial charge in [0.05, 0.1) is 0 Å². The predicted octanol–water partition coefficient (Wildman–Crippen LogP) is 2.11. The van der Waals surface area contributed by atoms with Crippen LogP contribution in [0.5, 0.6) is 0 Å². The van der Waals surface area contributed by atoms with E-state index >= 15 is 0 Å². The van der Waals surface area contributed by atoms with Gasteiger partial charge in [-0.3, -0.25) is 0 Å². The third kappa shape index (κ3) is 2.90. The largest absolute Gasteiger partial charge is 0.493 e. The number of rotatable bonds is 1. The molecule has 2 heterocycles. The van der Waals surface area contributed by atoms with Crippen molar-refractivity contribution in [3.63, 3.8) is 0 Å². The van der Waals surface area contributed by atoms with Crippen molar-refractivity contribution in [2.24, 2.45) is 11.8 Å². The molecule has 0 radical (unpaired) electrons. The Bertz CT molecular complexity index is 297. The molecule has 17 heavy (non-hydrogen) atoms. The highest BCUT2D eigenvalue weighted by molar-refractivity contribution is 5.21. The Hall–Kier alpha value is -0.800. The maximum Gasteiger partial charge on any atom is 0.114 e. The van der Waals surface area contributed by atoms with Crippen molar-refractivity contribution in [1.82, 2.24) is 5.32 Å². The van der Waals surface area contributed by atoms with E-state index in [2.05, 4.69) is 28.3 Å². The van der Waals surface area contributed by atoms with Crippen LogP contribution in [0.25, 0.3) is 0 Å². The van der Waals surface area contributed by atoms with Gasteiger partial charge in [-0.05, 0) is 32.4 Å². The van der Waals surface area contributed by atoms with Crippen molar-refractivity contribution >= 4 is 0 Å². The third-order valence-electron chi connectivity index (χ3n) is 3.72. The number of hydrogen-bond donors (Lipinski definition) is 1. The normalized spacial score (nSPS) is 33.8. The fourth-order valence-electron chi connectivity index (χ4n) is 2.75. The van der Waals surface area contributed by atoms with Gasteiger partial charge >= 0.3 is 0 Å². The minimum Gasteiger partial charge on any atom is -0.493 e. The van der Waals surface area contributed by atoms with E-state index in [9.17, 15) is 0 Å². The molecule has 96 valence electrons. The molecule has 2 aliphatic heterocycles. The third-order valence-corrected chi connectivity index (χ3v) is 3.72. The summed E-state index contributed by atoms with van der Waals surface area (Å²) in [5, 5.41) is 3.39. The van der Waals surface area contributed by atoms with Crippen molar-refractivity contribution in [3.05, 3.63) is 24.0 Å². The molecular formula is C14H23NO2. The molecule has 0 aromatic heterocycles. The Labute approximate surface area is 104 Å². The van der Waals surface area contributed by atoms with E-state index < -0.39 is 0 Å². The molecule has 3 unspecified atom stereocenters. The summed E-state index contributed by atoms with van der Waals surface area (Å²) in [4.78, 5) is 0. The second kappa shape index (κ2) is 6.22. The van der Waals surface area contributed by atoms with Crippen molar-refractivity contribution in [1.29, 1.82) is 0 Å². The first-order valence-corrected chi connectivity index (χ1v) is 6.59. The Morgan fingerprint density at radius 2 is 2.35 bits per heavy atom. The monoisotopic (exact) mass is 237 g/mol. The Kier molecular flexibility index (Phi) is 4.63. The van der Waals surface area contributed by atoms with Crippen LogP contribution in [0.4, 0.5) is 0 Å². The van der Waals surface area contributed by atoms with Crippen LogP contribution < -0.4 is 5.32 Å². The van der Waals surface area contributed by atoms with Gasteiger partial charge in [-0.15, -0.1) is 0 Å². The first kappa shape index (κ1) is 12.7. The van der Waals surface area contributed by atoms with Crippen molar-refractivity contribution < 1.29 is 9.47 Å². The molecular weight excluding hydrogens is 214 g/mol. The van der Waals surface area contributed by atoms with Gasteiger partial charge in [0.15, 0.2) is 0 Å².